The van der Waals surface area contributed by atoms with Crippen LogP contribution in [-0.2, 0) is 4.79 Å². The Morgan fingerprint density at radius 3 is 2.64 bits per heavy atom. The third-order valence-electron chi connectivity index (χ3n) is 3.34. The minimum Gasteiger partial charge on any atom is -0.454 e. The second kappa shape index (κ2) is 7.02. The second-order valence-electron chi connectivity index (χ2n) is 5.07. The van der Waals surface area contributed by atoms with Crippen LogP contribution in [0.2, 0.25) is 0 Å². The molecule has 0 aliphatic carbocycles. The van der Waals surface area contributed by atoms with Crippen molar-refractivity contribution in [1.82, 2.24) is 16.0 Å². The van der Waals surface area contributed by atoms with Crippen molar-refractivity contribution in [2.45, 2.75) is 32.9 Å². The number of likely N-dealkylation sites (N-methyl/N-ethyl adjacent to an activating group) is 1. The predicted octanol–water partition coefficient (Wildman–Crippen LogP) is 1.30. The molecule has 0 spiro atoms. The van der Waals surface area contributed by atoms with Gasteiger partial charge in [-0.2, -0.15) is 0 Å². The van der Waals surface area contributed by atoms with Gasteiger partial charge in [0.15, 0.2) is 11.5 Å². The monoisotopic (exact) mass is 307 g/mol. The number of hydrogen-bond acceptors (Lipinski definition) is 4. The SMILES string of the molecule is CCNC(=O)[C@H](C)NC(=O)N[C@H](C)c1ccc2c(c1)OCO2. The van der Waals surface area contributed by atoms with E-state index in [1.165, 1.54) is 0 Å². The van der Waals surface area contributed by atoms with Crippen molar-refractivity contribution >= 4 is 11.9 Å². The van der Waals surface area contributed by atoms with E-state index in [1.54, 1.807) is 6.92 Å². The molecule has 2 rings (SSSR count). The second-order valence-corrected chi connectivity index (χ2v) is 5.07. The fourth-order valence-corrected chi connectivity index (χ4v) is 2.09. The topological polar surface area (TPSA) is 88.7 Å². The van der Waals surface area contributed by atoms with E-state index in [9.17, 15) is 9.59 Å². The predicted molar refractivity (Wildman–Crippen MR) is 80.8 cm³/mol. The van der Waals surface area contributed by atoms with Crippen molar-refractivity contribution in [3.8, 4) is 11.5 Å². The fraction of sp³-hybridized carbons (Fsp3) is 0.467. The summed E-state index contributed by atoms with van der Waals surface area (Å²) in [6, 6.07) is 4.29. The smallest absolute Gasteiger partial charge is 0.315 e. The van der Waals surface area contributed by atoms with Crippen LogP contribution in [0.15, 0.2) is 18.2 Å². The summed E-state index contributed by atoms with van der Waals surface area (Å²) in [6.07, 6.45) is 0. The number of fused-ring (bicyclic) bond motifs is 1. The van der Waals surface area contributed by atoms with Crippen molar-refractivity contribution in [2.75, 3.05) is 13.3 Å². The van der Waals surface area contributed by atoms with Crippen molar-refractivity contribution < 1.29 is 19.1 Å². The summed E-state index contributed by atoms with van der Waals surface area (Å²) in [5, 5.41) is 8.04. The minimum absolute atomic E-state index is 0.213. The maximum absolute atomic E-state index is 11.9. The number of rotatable bonds is 5. The largest absolute Gasteiger partial charge is 0.454 e. The summed E-state index contributed by atoms with van der Waals surface area (Å²) in [5.74, 6) is 1.15. The zero-order valence-corrected chi connectivity index (χ0v) is 12.9. The lowest BCUT2D eigenvalue weighted by atomic mass is 10.1. The Labute approximate surface area is 129 Å². The van der Waals surface area contributed by atoms with Gasteiger partial charge in [0.1, 0.15) is 6.04 Å². The molecule has 0 saturated carbocycles. The third kappa shape index (κ3) is 3.81. The van der Waals surface area contributed by atoms with Crippen LogP contribution in [0.5, 0.6) is 11.5 Å². The van der Waals surface area contributed by atoms with E-state index in [1.807, 2.05) is 32.0 Å². The van der Waals surface area contributed by atoms with Gasteiger partial charge in [0.05, 0.1) is 6.04 Å². The minimum atomic E-state index is -0.594. The normalized spacial score (nSPS) is 14.9. The van der Waals surface area contributed by atoms with Gasteiger partial charge in [-0.1, -0.05) is 6.07 Å². The molecule has 3 amide bonds. The van der Waals surface area contributed by atoms with Crippen LogP contribution in [0.4, 0.5) is 4.79 Å². The Balaban J connectivity index is 1.90. The summed E-state index contributed by atoms with van der Waals surface area (Å²) in [6.45, 7) is 6.06. The molecule has 0 fully saturated rings. The van der Waals surface area contributed by atoms with Gasteiger partial charge in [0, 0.05) is 6.54 Å². The summed E-state index contributed by atoms with van der Waals surface area (Å²) < 4.78 is 10.6. The Bertz CT molecular complexity index is 562. The van der Waals surface area contributed by atoms with Crippen LogP contribution in [0.1, 0.15) is 32.4 Å². The highest BCUT2D eigenvalue weighted by molar-refractivity contribution is 5.86. The Hall–Kier alpha value is -2.44. The Morgan fingerprint density at radius 1 is 1.18 bits per heavy atom. The highest BCUT2D eigenvalue weighted by atomic mass is 16.7. The quantitative estimate of drug-likeness (QED) is 0.765. The lowest BCUT2D eigenvalue weighted by molar-refractivity contribution is -0.122. The molecule has 22 heavy (non-hydrogen) atoms. The van der Waals surface area contributed by atoms with E-state index < -0.39 is 12.1 Å². The van der Waals surface area contributed by atoms with Crippen LogP contribution in [0, 0.1) is 0 Å². The third-order valence-corrected chi connectivity index (χ3v) is 3.34. The molecule has 1 aromatic carbocycles. The van der Waals surface area contributed by atoms with Crippen molar-refractivity contribution in [3.63, 3.8) is 0 Å². The number of carbonyl (C=O) groups is 2. The average Bonchev–Trinajstić information content (AvgIpc) is 2.94. The van der Waals surface area contributed by atoms with Crippen LogP contribution < -0.4 is 25.4 Å². The molecular formula is C15H21N3O4. The standard InChI is InChI=1S/C15H21N3O4/c1-4-16-14(19)10(3)18-15(20)17-9(2)11-5-6-12-13(7-11)22-8-21-12/h5-7,9-10H,4,8H2,1-3H3,(H,16,19)(H2,17,18,20)/t9-,10+/m1/s1. The number of amides is 3. The average molecular weight is 307 g/mol. The molecule has 7 nitrogen and oxygen atoms in total. The van der Waals surface area contributed by atoms with Gasteiger partial charge in [0.2, 0.25) is 12.7 Å². The number of urea groups is 1. The first-order chi connectivity index (χ1) is 10.5. The van der Waals surface area contributed by atoms with Gasteiger partial charge in [-0.3, -0.25) is 4.79 Å². The number of carbonyl (C=O) groups excluding carboxylic acids is 2. The van der Waals surface area contributed by atoms with Crippen LogP contribution in [-0.4, -0.2) is 31.3 Å². The molecule has 0 saturated heterocycles. The Kier molecular flexibility index (Phi) is 5.08. The first kappa shape index (κ1) is 15.9. The maximum atomic E-state index is 11.9. The molecule has 0 aromatic heterocycles. The highest BCUT2D eigenvalue weighted by Crippen LogP contribution is 2.34. The van der Waals surface area contributed by atoms with E-state index in [0.29, 0.717) is 18.0 Å². The van der Waals surface area contributed by atoms with Crippen molar-refractivity contribution in [1.29, 1.82) is 0 Å². The molecule has 2 atom stereocenters. The van der Waals surface area contributed by atoms with Crippen LogP contribution in [0.3, 0.4) is 0 Å². The molecular weight excluding hydrogens is 286 g/mol. The summed E-state index contributed by atoms with van der Waals surface area (Å²) in [7, 11) is 0. The zero-order chi connectivity index (χ0) is 16.1. The number of hydrogen-bond donors (Lipinski definition) is 3. The van der Waals surface area contributed by atoms with E-state index >= 15 is 0 Å². The first-order valence-corrected chi connectivity index (χ1v) is 7.25. The fourth-order valence-electron chi connectivity index (χ4n) is 2.09. The summed E-state index contributed by atoms with van der Waals surface area (Å²) in [5.41, 5.74) is 0.894. The van der Waals surface area contributed by atoms with Crippen LogP contribution in [0.25, 0.3) is 0 Å². The first-order valence-electron chi connectivity index (χ1n) is 7.25. The lowest BCUT2D eigenvalue weighted by Gasteiger charge is -2.18. The van der Waals surface area contributed by atoms with Crippen molar-refractivity contribution in [3.05, 3.63) is 23.8 Å². The van der Waals surface area contributed by atoms with E-state index in [-0.39, 0.29) is 18.7 Å². The molecule has 1 heterocycles. The van der Waals surface area contributed by atoms with Gasteiger partial charge >= 0.3 is 6.03 Å². The lowest BCUT2D eigenvalue weighted by Crippen LogP contribution is -2.48. The van der Waals surface area contributed by atoms with Gasteiger partial charge in [-0.15, -0.1) is 0 Å². The zero-order valence-electron chi connectivity index (χ0n) is 12.9. The highest BCUT2D eigenvalue weighted by Gasteiger charge is 2.19. The van der Waals surface area contributed by atoms with E-state index in [0.717, 1.165) is 5.56 Å². The maximum Gasteiger partial charge on any atom is 0.315 e. The Morgan fingerprint density at radius 2 is 1.91 bits per heavy atom. The molecule has 3 N–H and O–H groups in total. The molecule has 0 bridgehead atoms. The van der Waals surface area contributed by atoms with E-state index in [4.69, 9.17) is 9.47 Å². The van der Waals surface area contributed by atoms with Crippen molar-refractivity contribution in [2.24, 2.45) is 0 Å². The van der Waals surface area contributed by atoms with Gasteiger partial charge in [-0.05, 0) is 38.5 Å². The number of nitrogens with one attached hydrogen (secondary N) is 3. The van der Waals surface area contributed by atoms with Gasteiger partial charge < -0.3 is 25.4 Å². The summed E-state index contributed by atoms with van der Waals surface area (Å²) in [4.78, 5) is 23.5. The number of benzene rings is 1. The number of ether oxygens (including phenoxy) is 2. The molecule has 0 unspecified atom stereocenters. The molecule has 7 heteroatoms. The molecule has 1 aliphatic rings. The van der Waals surface area contributed by atoms with Gasteiger partial charge in [0.25, 0.3) is 0 Å². The van der Waals surface area contributed by atoms with E-state index in [2.05, 4.69) is 16.0 Å². The molecule has 1 aliphatic heterocycles. The molecule has 1 aromatic rings. The molecule has 120 valence electrons. The van der Waals surface area contributed by atoms with Gasteiger partial charge in [-0.25, -0.2) is 4.79 Å². The molecule has 0 radical (unpaired) electrons. The van der Waals surface area contributed by atoms with Crippen LogP contribution >= 0.6 is 0 Å². The summed E-state index contributed by atoms with van der Waals surface area (Å²) >= 11 is 0.